The van der Waals surface area contributed by atoms with E-state index in [0.29, 0.717) is 10.2 Å². The van der Waals surface area contributed by atoms with Gasteiger partial charge in [0.2, 0.25) is 5.91 Å². The molecule has 1 amide bonds. The fraction of sp³-hybridized carbons (Fsp3) is 0.222. The minimum Gasteiger partial charge on any atom is -0.478 e. The van der Waals surface area contributed by atoms with E-state index in [1.165, 1.54) is 19.1 Å². The Labute approximate surface area is 176 Å². The summed E-state index contributed by atoms with van der Waals surface area (Å²) in [5.41, 5.74) is 3.33. The molecule has 160 valence electrons. The maximum absolute atomic E-state index is 12.6. The van der Waals surface area contributed by atoms with Crippen LogP contribution in [0.15, 0.2) is 30.3 Å². The number of carbonyl (C=O) groups is 2. The average Bonchev–Trinajstić information content (AvgIpc) is 3.11. The van der Waals surface area contributed by atoms with E-state index in [1.807, 2.05) is 10.8 Å². The predicted octanol–water partition coefficient (Wildman–Crippen LogP) is 0.536. The largest absolute Gasteiger partial charge is 0.478 e. The molecule has 3 N–H and O–H groups in total. The number of nitrogens with one attached hydrogen (secondary N) is 2. The smallest absolute Gasteiger partial charge is 0.350 e. The zero-order chi connectivity index (χ0) is 22.3. The summed E-state index contributed by atoms with van der Waals surface area (Å²) in [5, 5.41) is 18.5. The van der Waals surface area contributed by atoms with E-state index in [2.05, 4.69) is 10.5 Å². The molecule has 0 unspecified atom stereocenters. The van der Waals surface area contributed by atoms with Gasteiger partial charge in [-0.05, 0) is 25.1 Å². The first-order chi connectivity index (χ1) is 14.7. The third kappa shape index (κ3) is 3.58. The SMILES string of the molecule is Cc1nc(N2CC(C(=O)NS(=O)(=O)N3ONc4ccccc43)C2)c(C#N)cc1C(=O)O. The van der Waals surface area contributed by atoms with Gasteiger partial charge in [-0.2, -0.15) is 13.7 Å². The first kappa shape index (κ1) is 20.4. The number of anilines is 3. The number of benzene rings is 1. The number of nitrogens with zero attached hydrogens (tertiary/aromatic N) is 4. The van der Waals surface area contributed by atoms with Crippen LogP contribution in [0.3, 0.4) is 0 Å². The number of pyridine rings is 1. The summed E-state index contributed by atoms with van der Waals surface area (Å²) in [6.45, 7) is 1.74. The monoisotopic (exact) mass is 444 g/mol. The van der Waals surface area contributed by atoms with E-state index in [1.54, 1.807) is 23.1 Å². The van der Waals surface area contributed by atoms with E-state index < -0.39 is 28.0 Å². The summed E-state index contributed by atoms with van der Waals surface area (Å²) in [5.74, 6) is -2.35. The Balaban J connectivity index is 1.44. The first-order valence-corrected chi connectivity index (χ1v) is 10.4. The molecule has 1 saturated heterocycles. The van der Waals surface area contributed by atoms with Crippen molar-refractivity contribution in [3.8, 4) is 6.07 Å². The Morgan fingerprint density at radius 2 is 2.06 bits per heavy atom. The van der Waals surface area contributed by atoms with Gasteiger partial charge in [-0.25, -0.2) is 20.0 Å². The van der Waals surface area contributed by atoms with Crippen molar-refractivity contribution in [3.63, 3.8) is 0 Å². The molecule has 1 aromatic heterocycles. The van der Waals surface area contributed by atoms with Gasteiger partial charge in [0.1, 0.15) is 17.6 Å². The minimum atomic E-state index is -4.31. The normalized spacial score (nSPS) is 15.5. The van der Waals surface area contributed by atoms with Gasteiger partial charge in [0.05, 0.1) is 28.4 Å². The number of hydrogen-bond acceptors (Lipinski definition) is 9. The first-order valence-electron chi connectivity index (χ1n) is 9.00. The van der Waals surface area contributed by atoms with Crippen LogP contribution in [0.1, 0.15) is 21.6 Å². The van der Waals surface area contributed by atoms with Crippen LogP contribution in [0.4, 0.5) is 17.2 Å². The minimum absolute atomic E-state index is 0.0580. The number of rotatable bonds is 5. The number of nitriles is 1. The number of para-hydroxylation sites is 2. The molecule has 0 spiro atoms. The van der Waals surface area contributed by atoms with Gasteiger partial charge < -0.3 is 10.0 Å². The third-order valence-corrected chi connectivity index (χ3v) is 6.05. The molecule has 2 aliphatic rings. The van der Waals surface area contributed by atoms with Crippen molar-refractivity contribution in [1.82, 2.24) is 9.71 Å². The summed E-state index contributed by atoms with van der Waals surface area (Å²) >= 11 is 0. The highest BCUT2D eigenvalue weighted by Gasteiger charge is 2.39. The Kier molecular flexibility index (Phi) is 4.88. The fourth-order valence-electron chi connectivity index (χ4n) is 3.24. The maximum atomic E-state index is 12.6. The Morgan fingerprint density at radius 1 is 1.35 bits per heavy atom. The highest BCUT2D eigenvalue weighted by atomic mass is 32.2. The summed E-state index contributed by atoms with van der Waals surface area (Å²) in [6.07, 6.45) is 0. The molecule has 13 heteroatoms. The molecule has 2 aromatic rings. The predicted molar refractivity (Wildman–Crippen MR) is 107 cm³/mol. The number of aromatic carboxylic acids is 1. The summed E-state index contributed by atoms with van der Waals surface area (Å²) < 4.78 is 27.7. The molecule has 1 aromatic carbocycles. The van der Waals surface area contributed by atoms with Crippen LogP contribution in [0.5, 0.6) is 0 Å². The van der Waals surface area contributed by atoms with Crippen molar-refractivity contribution >= 4 is 39.3 Å². The van der Waals surface area contributed by atoms with Crippen LogP contribution in [0.25, 0.3) is 0 Å². The number of carboxylic acid groups (broad SMARTS) is 1. The van der Waals surface area contributed by atoms with Crippen LogP contribution in [-0.4, -0.2) is 43.5 Å². The number of hydrogen-bond donors (Lipinski definition) is 3. The second-order valence-corrected chi connectivity index (χ2v) is 8.41. The van der Waals surface area contributed by atoms with Gasteiger partial charge in [-0.3, -0.25) is 4.79 Å². The molecule has 0 saturated carbocycles. The molecule has 12 nitrogen and oxygen atoms in total. The molecule has 0 aliphatic carbocycles. The molecule has 0 atom stereocenters. The topological polar surface area (TPSA) is 165 Å². The molecule has 4 rings (SSSR count). The van der Waals surface area contributed by atoms with Crippen LogP contribution in [-0.2, 0) is 19.9 Å². The Hall–Kier alpha value is -3.89. The second kappa shape index (κ2) is 7.42. The lowest BCUT2D eigenvalue weighted by Gasteiger charge is -2.39. The highest BCUT2D eigenvalue weighted by molar-refractivity contribution is 7.91. The molecule has 0 bridgehead atoms. The summed E-state index contributed by atoms with van der Waals surface area (Å²) in [6, 6.07) is 9.59. The van der Waals surface area contributed by atoms with E-state index in [4.69, 9.17) is 10.0 Å². The summed E-state index contributed by atoms with van der Waals surface area (Å²) in [4.78, 5) is 34.4. The van der Waals surface area contributed by atoms with Crippen LogP contribution < -0.4 is 19.6 Å². The molecular weight excluding hydrogens is 428 g/mol. The Bertz CT molecular complexity index is 1230. The maximum Gasteiger partial charge on any atom is 0.350 e. The Morgan fingerprint density at radius 3 is 2.74 bits per heavy atom. The van der Waals surface area contributed by atoms with Gasteiger partial charge in [0.15, 0.2) is 0 Å². The van der Waals surface area contributed by atoms with E-state index in [-0.39, 0.29) is 41.4 Å². The molecule has 1 fully saturated rings. The lowest BCUT2D eigenvalue weighted by Crippen LogP contribution is -2.56. The van der Waals surface area contributed by atoms with E-state index >= 15 is 0 Å². The van der Waals surface area contributed by atoms with Crippen LogP contribution in [0, 0.1) is 24.2 Å². The van der Waals surface area contributed by atoms with E-state index in [9.17, 15) is 23.3 Å². The number of carboxylic acids is 1. The quantitative estimate of drug-likeness (QED) is 0.592. The molecule has 3 heterocycles. The van der Waals surface area contributed by atoms with Crippen molar-refractivity contribution in [1.29, 1.82) is 5.26 Å². The van der Waals surface area contributed by atoms with E-state index in [0.717, 1.165) is 0 Å². The third-order valence-electron chi connectivity index (χ3n) is 4.88. The number of fused-ring (bicyclic) bond motifs is 1. The van der Waals surface area contributed by atoms with Crippen molar-refractivity contribution in [2.75, 3.05) is 27.9 Å². The molecular formula is C18H16N6O6S. The average molecular weight is 444 g/mol. The fourth-order valence-corrected chi connectivity index (χ4v) is 4.30. The van der Waals surface area contributed by atoms with Crippen molar-refractivity contribution in [2.24, 2.45) is 5.92 Å². The van der Waals surface area contributed by atoms with Crippen LogP contribution in [0.2, 0.25) is 0 Å². The van der Waals surface area contributed by atoms with Gasteiger partial charge in [-0.1, -0.05) is 12.1 Å². The lowest BCUT2D eigenvalue weighted by atomic mass is 9.98. The van der Waals surface area contributed by atoms with Crippen LogP contribution >= 0.6 is 0 Å². The van der Waals surface area contributed by atoms with Gasteiger partial charge in [-0.15, -0.1) is 9.41 Å². The lowest BCUT2D eigenvalue weighted by molar-refractivity contribution is -0.123. The van der Waals surface area contributed by atoms with Crippen molar-refractivity contribution in [2.45, 2.75) is 6.92 Å². The number of aryl methyl sites for hydroxylation is 1. The highest BCUT2D eigenvalue weighted by Crippen LogP contribution is 2.33. The molecule has 31 heavy (non-hydrogen) atoms. The molecule has 0 radical (unpaired) electrons. The summed E-state index contributed by atoms with van der Waals surface area (Å²) in [7, 11) is -4.31. The zero-order valence-corrected chi connectivity index (χ0v) is 16.9. The van der Waals surface area contributed by atoms with Gasteiger partial charge in [0.25, 0.3) is 0 Å². The van der Waals surface area contributed by atoms with Crippen molar-refractivity contribution in [3.05, 3.63) is 47.2 Å². The second-order valence-electron chi connectivity index (χ2n) is 6.92. The van der Waals surface area contributed by atoms with Crippen molar-refractivity contribution < 1.29 is 28.1 Å². The van der Waals surface area contributed by atoms with Gasteiger partial charge in [0, 0.05) is 13.1 Å². The molecule has 2 aliphatic heterocycles. The van der Waals surface area contributed by atoms with Gasteiger partial charge >= 0.3 is 16.2 Å². The number of aromatic nitrogens is 1. The number of carbonyl (C=O) groups excluding carboxylic acids is 1. The standard InChI is InChI=1S/C18H16N6O6S/c1-10-13(18(26)27)6-11(7-19)16(20-10)23-8-12(9-23)17(25)22-31(28,29)24-15-5-3-2-4-14(15)21-30-24/h2-6,12,21H,8-9H2,1H3,(H,22,25)(H,26,27). The number of amides is 1. The zero-order valence-electron chi connectivity index (χ0n) is 16.1.